The molecular weight excluding hydrogens is 362 g/mol. The second-order valence-electron chi connectivity index (χ2n) is 7.06. The molecule has 2 atom stereocenters. The number of aryl methyl sites for hydroxylation is 2. The van der Waals surface area contributed by atoms with Crippen molar-refractivity contribution in [1.82, 2.24) is 20.2 Å². The van der Waals surface area contributed by atoms with Crippen LogP contribution in [0.5, 0.6) is 0 Å². The van der Waals surface area contributed by atoms with Crippen molar-refractivity contribution >= 4 is 29.1 Å². The average molecular weight is 381 g/mol. The Morgan fingerprint density at radius 3 is 2.93 bits per heavy atom. The molecule has 3 aromatic heterocycles. The highest BCUT2D eigenvalue weighted by Gasteiger charge is 2.42. The Morgan fingerprint density at radius 2 is 2.11 bits per heavy atom. The van der Waals surface area contributed by atoms with Gasteiger partial charge in [-0.25, -0.2) is 9.98 Å². The summed E-state index contributed by atoms with van der Waals surface area (Å²) in [7, 11) is 0. The quantitative estimate of drug-likeness (QED) is 0.712. The molecule has 0 saturated heterocycles. The van der Waals surface area contributed by atoms with Crippen LogP contribution in [0.2, 0.25) is 0 Å². The Kier molecular flexibility index (Phi) is 3.82. The van der Waals surface area contributed by atoms with Crippen molar-refractivity contribution in [2.45, 2.75) is 49.3 Å². The van der Waals surface area contributed by atoms with Crippen LogP contribution < -0.4 is 0 Å². The van der Waals surface area contributed by atoms with Gasteiger partial charge in [-0.05, 0) is 50.6 Å². The van der Waals surface area contributed by atoms with Crippen LogP contribution in [0.4, 0.5) is 5.82 Å². The minimum atomic E-state index is -0.249. The number of aromatic amines is 2. The summed E-state index contributed by atoms with van der Waals surface area (Å²) in [6, 6.07) is 3.89. The Morgan fingerprint density at radius 1 is 1.22 bits per heavy atom. The van der Waals surface area contributed by atoms with Gasteiger partial charge in [-0.3, -0.25) is 9.89 Å². The highest BCUT2D eigenvalue weighted by Crippen LogP contribution is 2.45. The Labute approximate surface area is 160 Å². The van der Waals surface area contributed by atoms with E-state index in [1.807, 2.05) is 26.0 Å². The molecule has 2 aliphatic rings. The summed E-state index contributed by atoms with van der Waals surface area (Å²) in [5.74, 6) is 1.32. The number of nitrogens with one attached hydrogen (secondary N) is 2. The Bertz CT molecular complexity index is 1040. The molecule has 0 amide bonds. The lowest BCUT2D eigenvalue weighted by Gasteiger charge is -2.32. The zero-order valence-corrected chi connectivity index (χ0v) is 15.9. The van der Waals surface area contributed by atoms with Crippen molar-refractivity contribution in [3.63, 3.8) is 0 Å². The number of ketones is 1. The lowest BCUT2D eigenvalue weighted by Crippen LogP contribution is -2.36. The number of H-pyrrole nitrogens is 2. The normalized spacial score (nSPS) is 21.7. The van der Waals surface area contributed by atoms with Crippen LogP contribution in [0.25, 0.3) is 0 Å². The largest absolute Gasteiger partial charge is 0.454 e. The van der Waals surface area contributed by atoms with E-state index >= 15 is 0 Å². The molecule has 0 spiro atoms. The van der Waals surface area contributed by atoms with Gasteiger partial charge < -0.3 is 9.40 Å². The lowest BCUT2D eigenvalue weighted by atomic mass is 9.72. The van der Waals surface area contributed by atoms with Crippen molar-refractivity contribution < 1.29 is 9.21 Å². The number of carbonyl (C=O) groups excluding carboxylic acids is 1. The SMILES string of the molecule is Cc1nc(Sc2ccc(C3c4cn[nH]c4N=C4CCCC(=O)C43)o2)[nH]c1C. The van der Waals surface area contributed by atoms with Crippen LogP contribution in [0.3, 0.4) is 0 Å². The molecule has 1 aliphatic carbocycles. The molecule has 5 rings (SSSR count). The lowest BCUT2D eigenvalue weighted by molar-refractivity contribution is -0.122. The molecule has 4 heterocycles. The molecule has 138 valence electrons. The van der Waals surface area contributed by atoms with Crippen molar-refractivity contribution in [2.75, 3.05) is 0 Å². The number of aromatic nitrogens is 4. The van der Waals surface area contributed by atoms with Gasteiger partial charge in [0.15, 0.2) is 16.1 Å². The average Bonchev–Trinajstić information content (AvgIpc) is 3.35. The maximum Gasteiger partial charge on any atom is 0.173 e. The molecule has 0 radical (unpaired) electrons. The van der Waals surface area contributed by atoms with Gasteiger partial charge in [0.1, 0.15) is 11.5 Å². The van der Waals surface area contributed by atoms with E-state index in [0.717, 1.165) is 57.3 Å². The zero-order chi connectivity index (χ0) is 18.5. The topological polar surface area (TPSA) is 99.9 Å². The van der Waals surface area contributed by atoms with Crippen molar-refractivity contribution in [3.8, 4) is 0 Å². The molecular formula is C19H19N5O2S. The van der Waals surface area contributed by atoms with E-state index in [-0.39, 0.29) is 17.6 Å². The summed E-state index contributed by atoms with van der Waals surface area (Å²) < 4.78 is 6.15. The van der Waals surface area contributed by atoms with Crippen LogP contribution in [0, 0.1) is 19.8 Å². The van der Waals surface area contributed by atoms with Crippen LogP contribution >= 0.6 is 11.8 Å². The minimum absolute atomic E-state index is 0.173. The van der Waals surface area contributed by atoms with Gasteiger partial charge in [-0.15, -0.1) is 0 Å². The van der Waals surface area contributed by atoms with E-state index in [4.69, 9.17) is 4.42 Å². The smallest absolute Gasteiger partial charge is 0.173 e. The third-order valence-electron chi connectivity index (χ3n) is 5.35. The molecule has 1 fully saturated rings. The molecule has 0 bridgehead atoms. The van der Waals surface area contributed by atoms with E-state index < -0.39 is 0 Å². The molecule has 27 heavy (non-hydrogen) atoms. The Hall–Kier alpha value is -2.61. The first-order valence-corrected chi connectivity index (χ1v) is 9.86. The van der Waals surface area contributed by atoms with Gasteiger partial charge in [-0.2, -0.15) is 5.10 Å². The van der Waals surface area contributed by atoms with Gasteiger partial charge in [0, 0.05) is 23.4 Å². The maximum absolute atomic E-state index is 12.7. The fourth-order valence-corrected chi connectivity index (χ4v) is 4.76. The monoisotopic (exact) mass is 381 g/mol. The van der Waals surface area contributed by atoms with Gasteiger partial charge in [0.25, 0.3) is 0 Å². The predicted molar refractivity (Wildman–Crippen MR) is 101 cm³/mol. The third kappa shape index (κ3) is 2.75. The van der Waals surface area contributed by atoms with E-state index in [1.165, 1.54) is 11.8 Å². The van der Waals surface area contributed by atoms with E-state index in [0.29, 0.717) is 6.42 Å². The minimum Gasteiger partial charge on any atom is -0.454 e. The van der Waals surface area contributed by atoms with Gasteiger partial charge in [0.2, 0.25) is 0 Å². The van der Waals surface area contributed by atoms with Crippen molar-refractivity contribution in [1.29, 1.82) is 0 Å². The highest BCUT2D eigenvalue weighted by atomic mass is 32.2. The summed E-state index contributed by atoms with van der Waals surface area (Å²) in [6.07, 6.45) is 4.07. The standard InChI is InChI=1S/C19H19N5O2S/c1-9-10(2)22-19(21-9)27-15-7-6-14(26-15)16-11-8-20-24-18(11)23-12-4-3-5-13(25)17(12)16/h6-8,16-17H,3-5H2,1-2H3,(H,20,24)(H,21,22). The first-order chi connectivity index (χ1) is 13.1. The molecule has 8 heteroatoms. The van der Waals surface area contributed by atoms with E-state index in [9.17, 15) is 4.79 Å². The van der Waals surface area contributed by atoms with Gasteiger partial charge in [-0.1, -0.05) is 0 Å². The first-order valence-electron chi connectivity index (χ1n) is 9.04. The summed E-state index contributed by atoms with van der Waals surface area (Å²) in [5, 5.41) is 8.64. The molecule has 3 aromatic rings. The number of aliphatic imine (C=N–C) groups is 1. The highest BCUT2D eigenvalue weighted by molar-refractivity contribution is 7.99. The van der Waals surface area contributed by atoms with Gasteiger partial charge in [0.05, 0.1) is 23.7 Å². The van der Waals surface area contributed by atoms with E-state index in [2.05, 4.69) is 25.2 Å². The molecule has 0 aromatic carbocycles. The number of hydrogen-bond acceptors (Lipinski definition) is 6. The summed E-state index contributed by atoms with van der Waals surface area (Å²) in [6.45, 7) is 3.97. The number of hydrogen-bond donors (Lipinski definition) is 2. The second-order valence-corrected chi connectivity index (χ2v) is 8.06. The van der Waals surface area contributed by atoms with Crippen molar-refractivity contribution in [2.24, 2.45) is 10.9 Å². The maximum atomic E-state index is 12.7. The Balaban J connectivity index is 1.51. The number of rotatable bonds is 3. The molecule has 1 aliphatic heterocycles. The number of nitrogens with zero attached hydrogens (tertiary/aromatic N) is 3. The zero-order valence-electron chi connectivity index (χ0n) is 15.1. The summed E-state index contributed by atoms with van der Waals surface area (Å²) in [4.78, 5) is 25.1. The summed E-state index contributed by atoms with van der Waals surface area (Å²) in [5.41, 5.74) is 3.90. The fraction of sp³-hybridized carbons (Fsp3) is 0.368. The number of carbonyl (C=O) groups is 1. The van der Waals surface area contributed by atoms with Crippen LogP contribution in [0.15, 0.2) is 38.0 Å². The molecule has 2 N–H and O–H groups in total. The number of imidazole rings is 1. The van der Waals surface area contributed by atoms with Crippen LogP contribution in [-0.2, 0) is 4.79 Å². The van der Waals surface area contributed by atoms with Crippen LogP contribution in [-0.4, -0.2) is 31.7 Å². The predicted octanol–water partition coefficient (Wildman–Crippen LogP) is 4.08. The number of fused-ring (bicyclic) bond motifs is 2. The first kappa shape index (κ1) is 16.6. The second kappa shape index (κ2) is 6.23. The molecule has 2 unspecified atom stereocenters. The molecule has 1 saturated carbocycles. The van der Waals surface area contributed by atoms with E-state index in [1.54, 1.807) is 6.20 Å². The van der Waals surface area contributed by atoms with Crippen LogP contribution in [0.1, 0.15) is 47.9 Å². The number of furan rings is 1. The number of Topliss-reactive ketones (excluding diaryl/α,β-unsaturated/α-hetero) is 1. The van der Waals surface area contributed by atoms with Gasteiger partial charge >= 0.3 is 0 Å². The molecule has 7 nitrogen and oxygen atoms in total. The third-order valence-corrected chi connectivity index (χ3v) is 6.15. The summed E-state index contributed by atoms with van der Waals surface area (Å²) >= 11 is 1.45. The fourth-order valence-electron chi connectivity index (χ4n) is 3.91. The van der Waals surface area contributed by atoms with Crippen molar-refractivity contribution in [3.05, 3.63) is 41.0 Å².